The molecule has 0 unspecified atom stereocenters. The number of rotatable bonds is 3. The van der Waals surface area contributed by atoms with Gasteiger partial charge in [-0.05, 0) is 26.0 Å². The molecule has 1 rings (SSSR count). The van der Waals surface area contributed by atoms with Crippen LogP contribution >= 0.6 is 0 Å². The number of alkyl halides is 3. The third-order valence-corrected chi connectivity index (χ3v) is 2.52. The molecule has 3 N–H and O–H groups in total. The molecule has 0 fully saturated rings. The number of phenolic OH excluding ortho intramolecular Hbond substituents is 1. The van der Waals surface area contributed by atoms with Crippen LogP contribution in [0.2, 0.25) is 0 Å². The van der Waals surface area contributed by atoms with Gasteiger partial charge in [-0.25, -0.2) is 4.79 Å². The average Bonchev–Trinajstić information content (AvgIpc) is 2.35. The van der Waals surface area contributed by atoms with Crippen molar-refractivity contribution in [1.82, 2.24) is 10.6 Å². The van der Waals surface area contributed by atoms with Crippen LogP contribution in [0.5, 0.6) is 11.5 Å². The number of hydrogen-bond donors (Lipinski definition) is 3. The summed E-state index contributed by atoms with van der Waals surface area (Å²) in [6.45, 7) is 3.23. The molecule has 0 aromatic heterocycles. The number of methoxy groups -OCH3 is 1. The van der Waals surface area contributed by atoms with Crippen molar-refractivity contribution in [3.05, 3.63) is 23.3 Å². The average molecular weight is 320 g/mol. The van der Waals surface area contributed by atoms with Crippen LogP contribution in [0.25, 0.3) is 0 Å². The van der Waals surface area contributed by atoms with Gasteiger partial charge in [0.05, 0.1) is 18.2 Å². The van der Waals surface area contributed by atoms with Crippen molar-refractivity contribution in [2.24, 2.45) is 0 Å². The number of phenols is 1. The number of nitrogens with one attached hydrogen (secondary N) is 2. The minimum Gasteiger partial charge on any atom is -0.504 e. The second-order valence-electron chi connectivity index (χ2n) is 4.65. The lowest BCUT2D eigenvalue weighted by atomic mass is 10.0. The predicted octanol–water partition coefficient (Wildman–Crippen LogP) is 2.27. The summed E-state index contributed by atoms with van der Waals surface area (Å²) in [5.74, 6) is -2.37. The lowest BCUT2D eigenvalue weighted by Gasteiger charge is -2.15. The molecular formula is C13H15F3N2O4. The Kier molecular flexibility index (Phi) is 5.23. The monoisotopic (exact) mass is 320 g/mol. The highest BCUT2D eigenvalue weighted by Gasteiger charge is 2.37. The molecule has 0 radical (unpaired) electrons. The van der Waals surface area contributed by atoms with Gasteiger partial charge in [-0.3, -0.25) is 10.1 Å². The Morgan fingerprint density at radius 2 is 1.86 bits per heavy atom. The van der Waals surface area contributed by atoms with E-state index in [9.17, 15) is 27.9 Å². The van der Waals surface area contributed by atoms with Gasteiger partial charge in [0.1, 0.15) is 0 Å². The molecule has 0 aliphatic rings. The Bertz CT molecular complexity index is 585. The van der Waals surface area contributed by atoms with Crippen molar-refractivity contribution < 1.29 is 32.6 Å². The molecule has 0 aliphatic carbocycles. The minimum atomic E-state index is -4.86. The molecular weight excluding hydrogens is 305 g/mol. The van der Waals surface area contributed by atoms with Crippen molar-refractivity contribution in [2.75, 3.05) is 7.11 Å². The molecule has 0 saturated carbocycles. The molecule has 6 nitrogen and oxygen atoms in total. The summed E-state index contributed by atoms with van der Waals surface area (Å²) in [5.41, 5.74) is -2.21. The highest BCUT2D eigenvalue weighted by molar-refractivity contribution is 6.05. The highest BCUT2D eigenvalue weighted by Crippen LogP contribution is 2.38. The molecule has 0 spiro atoms. The zero-order chi connectivity index (χ0) is 17.1. The van der Waals surface area contributed by atoms with E-state index in [0.29, 0.717) is 12.1 Å². The molecule has 0 aliphatic heterocycles. The summed E-state index contributed by atoms with van der Waals surface area (Å²) < 4.78 is 43.5. The van der Waals surface area contributed by atoms with Crippen LogP contribution < -0.4 is 15.4 Å². The van der Waals surface area contributed by atoms with Crippen LogP contribution in [-0.2, 0) is 6.18 Å². The quantitative estimate of drug-likeness (QED) is 0.797. The molecule has 22 heavy (non-hydrogen) atoms. The van der Waals surface area contributed by atoms with E-state index in [1.54, 1.807) is 19.2 Å². The van der Waals surface area contributed by atoms with Gasteiger partial charge in [-0.15, -0.1) is 0 Å². The largest absolute Gasteiger partial charge is 0.504 e. The topological polar surface area (TPSA) is 87.7 Å². The SMILES string of the molecule is COc1cc(C(F)(F)F)c(C(=O)NC(=O)NC(C)C)cc1O. The number of urea groups is 1. The van der Waals surface area contributed by atoms with Gasteiger partial charge in [0.2, 0.25) is 0 Å². The molecule has 9 heteroatoms. The van der Waals surface area contributed by atoms with Crippen LogP contribution in [0.15, 0.2) is 12.1 Å². The zero-order valence-electron chi connectivity index (χ0n) is 12.0. The molecule has 1 aromatic rings. The van der Waals surface area contributed by atoms with E-state index < -0.39 is 40.7 Å². The van der Waals surface area contributed by atoms with Crippen LogP contribution in [0.1, 0.15) is 29.8 Å². The standard InChI is InChI=1S/C13H15F3N2O4/c1-6(2)17-12(21)18-11(20)7-4-9(19)10(22-3)5-8(7)13(14,15)16/h4-6,19H,1-3H3,(H2,17,18,20,21). The van der Waals surface area contributed by atoms with E-state index in [1.165, 1.54) is 0 Å². The van der Waals surface area contributed by atoms with E-state index in [-0.39, 0.29) is 6.04 Å². The van der Waals surface area contributed by atoms with E-state index in [4.69, 9.17) is 0 Å². The van der Waals surface area contributed by atoms with E-state index in [1.807, 2.05) is 0 Å². The van der Waals surface area contributed by atoms with Crippen LogP contribution in [0.4, 0.5) is 18.0 Å². The summed E-state index contributed by atoms with van der Waals surface area (Å²) in [7, 11) is 1.07. The molecule has 1 aromatic carbocycles. The number of amides is 3. The fourth-order valence-electron chi connectivity index (χ4n) is 1.62. The van der Waals surface area contributed by atoms with Crippen LogP contribution in [0.3, 0.4) is 0 Å². The van der Waals surface area contributed by atoms with Crippen molar-refractivity contribution in [2.45, 2.75) is 26.1 Å². The molecule has 0 heterocycles. The third kappa shape index (κ3) is 4.27. The second-order valence-corrected chi connectivity index (χ2v) is 4.65. The summed E-state index contributed by atoms with van der Waals surface area (Å²) in [6, 6.07) is -0.160. The van der Waals surface area contributed by atoms with Crippen molar-refractivity contribution in [1.29, 1.82) is 0 Å². The number of hydrogen-bond acceptors (Lipinski definition) is 4. The highest BCUT2D eigenvalue weighted by atomic mass is 19.4. The summed E-state index contributed by atoms with van der Waals surface area (Å²) in [5, 5.41) is 13.6. The van der Waals surface area contributed by atoms with E-state index in [0.717, 1.165) is 7.11 Å². The Labute approximate surface area is 124 Å². The fourth-order valence-corrected chi connectivity index (χ4v) is 1.62. The number of benzene rings is 1. The maximum Gasteiger partial charge on any atom is 0.417 e. The molecule has 3 amide bonds. The van der Waals surface area contributed by atoms with Crippen molar-refractivity contribution in [3.8, 4) is 11.5 Å². The minimum absolute atomic E-state index is 0.306. The lowest BCUT2D eigenvalue weighted by Crippen LogP contribution is -2.43. The second kappa shape index (κ2) is 6.54. The fraction of sp³-hybridized carbons (Fsp3) is 0.385. The first-order valence-corrected chi connectivity index (χ1v) is 6.16. The molecule has 122 valence electrons. The van der Waals surface area contributed by atoms with Crippen LogP contribution in [0, 0.1) is 0 Å². The van der Waals surface area contributed by atoms with Gasteiger partial charge in [-0.2, -0.15) is 13.2 Å². The van der Waals surface area contributed by atoms with Gasteiger partial charge in [0, 0.05) is 6.04 Å². The van der Waals surface area contributed by atoms with Gasteiger partial charge in [-0.1, -0.05) is 0 Å². The Morgan fingerprint density at radius 3 is 2.32 bits per heavy atom. The summed E-state index contributed by atoms with van der Waals surface area (Å²) in [6.07, 6.45) is -4.86. The number of aromatic hydroxyl groups is 1. The summed E-state index contributed by atoms with van der Waals surface area (Å²) in [4.78, 5) is 23.2. The zero-order valence-corrected chi connectivity index (χ0v) is 12.0. The third-order valence-electron chi connectivity index (χ3n) is 2.52. The first kappa shape index (κ1) is 17.6. The Morgan fingerprint density at radius 1 is 1.27 bits per heavy atom. The van der Waals surface area contributed by atoms with Gasteiger partial charge >= 0.3 is 12.2 Å². The Hall–Kier alpha value is -2.45. The van der Waals surface area contributed by atoms with Crippen molar-refractivity contribution in [3.63, 3.8) is 0 Å². The summed E-state index contributed by atoms with van der Waals surface area (Å²) >= 11 is 0. The van der Waals surface area contributed by atoms with Gasteiger partial charge in [0.25, 0.3) is 5.91 Å². The maximum absolute atomic E-state index is 13.0. The first-order valence-electron chi connectivity index (χ1n) is 6.16. The normalized spacial score (nSPS) is 11.2. The maximum atomic E-state index is 13.0. The number of carbonyl (C=O) groups excluding carboxylic acids is 2. The predicted molar refractivity (Wildman–Crippen MR) is 70.8 cm³/mol. The number of imide groups is 1. The number of carbonyl (C=O) groups is 2. The van der Waals surface area contributed by atoms with Gasteiger partial charge in [0.15, 0.2) is 11.5 Å². The Balaban J connectivity index is 3.19. The first-order chi connectivity index (χ1) is 10.1. The van der Waals surface area contributed by atoms with Crippen LogP contribution in [-0.4, -0.2) is 30.2 Å². The molecule has 0 atom stereocenters. The molecule has 0 saturated heterocycles. The lowest BCUT2D eigenvalue weighted by molar-refractivity contribution is -0.138. The van der Waals surface area contributed by atoms with Gasteiger partial charge < -0.3 is 15.2 Å². The van der Waals surface area contributed by atoms with E-state index >= 15 is 0 Å². The number of ether oxygens (including phenoxy) is 1. The molecule has 0 bridgehead atoms. The number of halogens is 3. The smallest absolute Gasteiger partial charge is 0.417 e. The van der Waals surface area contributed by atoms with E-state index in [2.05, 4.69) is 10.1 Å². The van der Waals surface area contributed by atoms with Crippen molar-refractivity contribution >= 4 is 11.9 Å².